The molecule has 0 saturated carbocycles. The van der Waals surface area contributed by atoms with Crippen LogP contribution in [0.3, 0.4) is 0 Å². The van der Waals surface area contributed by atoms with Gasteiger partial charge < -0.3 is 0 Å². The van der Waals surface area contributed by atoms with Gasteiger partial charge in [0.05, 0.1) is 0 Å². The fourth-order valence-electron chi connectivity index (χ4n) is 1.05. The van der Waals surface area contributed by atoms with Gasteiger partial charge >= 0.3 is 0 Å². The normalized spacial score (nSPS) is 11.7. The lowest BCUT2D eigenvalue weighted by Crippen LogP contribution is -2.26. The summed E-state index contributed by atoms with van der Waals surface area (Å²) < 4.78 is 1.06. The first-order valence-electron chi connectivity index (χ1n) is 4.00. The summed E-state index contributed by atoms with van der Waals surface area (Å²) in [7, 11) is 0. The summed E-state index contributed by atoms with van der Waals surface area (Å²) in [6, 6.07) is 8.10. The zero-order chi connectivity index (χ0) is 9.90. The third kappa shape index (κ3) is 2.61. The minimum absolute atomic E-state index is 0.132. The first kappa shape index (κ1) is 11.4. The summed E-state index contributed by atoms with van der Waals surface area (Å²) in [6.45, 7) is 2.06. The van der Waals surface area contributed by atoms with Gasteiger partial charge in [-0.1, -0.05) is 35.0 Å². The molecule has 0 radical (unpaired) electrons. The quantitative estimate of drug-likeness (QED) is 0.729. The highest BCUT2D eigenvalue weighted by molar-refractivity contribution is 9.10. The summed E-state index contributed by atoms with van der Waals surface area (Å²) in [4.78, 5) is 0. The van der Waals surface area contributed by atoms with E-state index in [1.54, 1.807) is 0 Å². The fraction of sp³-hybridized carbons (Fsp3) is 0.400. The van der Waals surface area contributed by atoms with Gasteiger partial charge in [0, 0.05) is 21.6 Å². The Balaban J connectivity index is 3.05. The second-order valence-corrected chi connectivity index (χ2v) is 4.79. The lowest BCUT2D eigenvalue weighted by Gasteiger charge is -2.24. The number of alkyl halides is 2. The van der Waals surface area contributed by atoms with Crippen LogP contribution in [-0.2, 0) is 5.41 Å². The molecular formula is C10H11BrCl2. The van der Waals surface area contributed by atoms with E-state index in [4.69, 9.17) is 23.2 Å². The van der Waals surface area contributed by atoms with Crippen LogP contribution >= 0.6 is 39.1 Å². The largest absolute Gasteiger partial charge is 0.126 e. The maximum Gasteiger partial charge on any atom is 0.0329 e. The van der Waals surface area contributed by atoms with Gasteiger partial charge in [0.15, 0.2) is 0 Å². The van der Waals surface area contributed by atoms with E-state index in [1.165, 1.54) is 5.56 Å². The van der Waals surface area contributed by atoms with Crippen LogP contribution in [0.4, 0.5) is 0 Å². The molecule has 0 aromatic heterocycles. The second-order valence-electron chi connectivity index (χ2n) is 3.34. The maximum absolute atomic E-state index is 5.90. The molecule has 0 heterocycles. The zero-order valence-corrected chi connectivity index (χ0v) is 10.5. The minimum atomic E-state index is -0.132. The van der Waals surface area contributed by atoms with Crippen LogP contribution in [0.1, 0.15) is 12.5 Å². The molecule has 0 spiro atoms. The van der Waals surface area contributed by atoms with E-state index in [2.05, 4.69) is 35.0 Å². The van der Waals surface area contributed by atoms with Gasteiger partial charge in [-0.2, -0.15) is 0 Å². The van der Waals surface area contributed by atoms with Gasteiger partial charge in [0.25, 0.3) is 0 Å². The monoisotopic (exact) mass is 280 g/mol. The molecule has 0 aliphatic carbocycles. The van der Waals surface area contributed by atoms with E-state index in [0.717, 1.165) is 4.47 Å². The van der Waals surface area contributed by atoms with Crippen LogP contribution in [0.15, 0.2) is 28.7 Å². The summed E-state index contributed by atoms with van der Waals surface area (Å²) in [5, 5.41) is 0. The van der Waals surface area contributed by atoms with Gasteiger partial charge in [0.1, 0.15) is 0 Å². The SMILES string of the molecule is CC(CCl)(CCl)c1cccc(Br)c1. The van der Waals surface area contributed by atoms with Crippen molar-refractivity contribution in [3.05, 3.63) is 34.3 Å². The first-order chi connectivity index (χ1) is 6.12. The topological polar surface area (TPSA) is 0 Å². The maximum atomic E-state index is 5.90. The van der Waals surface area contributed by atoms with Crippen LogP contribution in [-0.4, -0.2) is 11.8 Å². The lowest BCUT2D eigenvalue weighted by molar-refractivity contribution is 0.605. The summed E-state index contributed by atoms with van der Waals surface area (Å²) >= 11 is 15.2. The third-order valence-electron chi connectivity index (χ3n) is 2.11. The molecule has 0 amide bonds. The van der Waals surface area contributed by atoms with Crippen LogP contribution in [0.25, 0.3) is 0 Å². The molecule has 1 aromatic carbocycles. The highest BCUT2D eigenvalue weighted by Gasteiger charge is 2.24. The number of hydrogen-bond donors (Lipinski definition) is 0. The summed E-state index contributed by atoms with van der Waals surface area (Å²) in [6.07, 6.45) is 0. The molecule has 0 bridgehead atoms. The predicted octanol–water partition coefficient (Wildman–Crippen LogP) is 4.18. The van der Waals surface area contributed by atoms with Crippen LogP contribution < -0.4 is 0 Å². The molecule has 1 rings (SSSR count). The highest BCUT2D eigenvalue weighted by atomic mass is 79.9. The average molecular weight is 282 g/mol. The molecule has 0 saturated heterocycles. The van der Waals surface area contributed by atoms with Gasteiger partial charge in [-0.05, 0) is 17.7 Å². The van der Waals surface area contributed by atoms with Gasteiger partial charge in [-0.25, -0.2) is 0 Å². The Kier molecular flexibility index (Phi) is 4.08. The second kappa shape index (κ2) is 4.68. The number of rotatable bonds is 3. The molecule has 0 unspecified atom stereocenters. The van der Waals surface area contributed by atoms with Gasteiger partial charge in [-0.15, -0.1) is 23.2 Å². The Hall–Kier alpha value is 0.280. The highest BCUT2D eigenvalue weighted by Crippen LogP contribution is 2.28. The van der Waals surface area contributed by atoms with Gasteiger partial charge in [0.2, 0.25) is 0 Å². The molecular weight excluding hydrogens is 271 g/mol. The fourth-order valence-corrected chi connectivity index (χ4v) is 2.05. The van der Waals surface area contributed by atoms with Crippen molar-refractivity contribution in [2.75, 3.05) is 11.8 Å². The molecule has 1 aromatic rings. The van der Waals surface area contributed by atoms with Crippen molar-refractivity contribution >= 4 is 39.1 Å². The van der Waals surface area contributed by atoms with Crippen molar-refractivity contribution in [1.29, 1.82) is 0 Å². The Morgan fingerprint density at radius 1 is 1.31 bits per heavy atom. The van der Waals surface area contributed by atoms with E-state index in [-0.39, 0.29) is 5.41 Å². The molecule has 72 valence electrons. The van der Waals surface area contributed by atoms with Crippen LogP contribution in [0.5, 0.6) is 0 Å². The zero-order valence-electron chi connectivity index (χ0n) is 7.36. The van der Waals surface area contributed by atoms with E-state index >= 15 is 0 Å². The molecule has 0 nitrogen and oxygen atoms in total. The molecule has 3 heteroatoms. The molecule has 0 aliphatic rings. The summed E-state index contributed by atoms with van der Waals surface area (Å²) in [5.74, 6) is 1.07. The van der Waals surface area contributed by atoms with Gasteiger partial charge in [-0.3, -0.25) is 0 Å². The standard InChI is InChI=1S/C10H11BrCl2/c1-10(6-12,7-13)8-3-2-4-9(11)5-8/h2-5H,6-7H2,1H3. The van der Waals surface area contributed by atoms with Crippen molar-refractivity contribution in [3.8, 4) is 0 Å². The van der Waals surface area contributed by atoms with Crippen LogP contribution in [0.2, 0.25) is 0 Å². The van der Waals surface area contributed by atoms with E-state index in [0.29, 0.717) is 11.8 Å². The molecule has 0 aliphatic heterocycles. The Morgan fingerprint density at radius 2 is 1.92 bits per heavy atom. The predicted molar refractivity (Wildman–Crippen MR) is 62.9 cm³/mol. The van der Waals surface area contributed by atoms with Crippen molar-refractivity contribution in [2.24, 2.45) is 0 Å². The molecule has 13 heavy (non-hydrogen) atoms. The number of hydrogen-bond acceptors (Lipinski definition) is 0. The number of benzene rings is 1. The van der Waals surface area contributed by atoms with E-state index in [9.17, 15) is 0 Å². The van der Waals surface area contributed by atoms with Crippen LogP contribution in [0, 0.1) is 0 Å². The van der Waals surface area contributed by atoms with E-state index in [1.807, 2.05) is 12.1 Å². The Morgan fingerprint density at radius 3 is 2.38 bits per heavy atom. The third-order valence-corrected chi connectivity index (χ3v) is 3.78. The van der Waals surface area contributed by atoms with Crippen molar-refractivity contribution in [1.82, 2.24) is 0 Å². The molecule has 0 atom stereocenters. The Bertz CT molecular complexity index is 282. The number of halogens is 3. The minimum Gasteiger partial charge on any atom is -0.126 e. The molecule has 0 N–H and O–H groups in total. The average Bonchev–Trinajstić information content (AvgIpc) is 2.17. The Labute approximate surface area is 97.4 Å². The lowest BCUT2D eigenvalue weighted by atomic mass is 9.87. The van der Waals surface area contributed by atoms with Crippen molar-refractivity contribution in [3.63, 3.8) is 0 Å². The van der Waals surface area contributed by atoms with E-state index < -0.39 is 0 Å². The smallest absolute Gasteiger partial charge is 0.0329 e. The van der Waals surface area contributed by atoms with Crippen molar-refractivity contribution < 1.29 is 0 Å². The summed E-state index contributed by atoms with van der Waals surface area (Å²) in [5.41, 5.74) is 1.04. The van der Waals surface area contributed by atoms with Crippen molar-refractivity contribution in [2.45, 2.75) is 12.3 Å². The molecule has 0 fully saturated rings. The first-order valence-corrected chi connectivity index (χ1v) is 5.86.